The number of halogens is 4. The zero-order chi connectivity index (χ0) is 39.3. The van der Waals surface area contributed by atoms with Crippen LogP contribution in [-0.2, 0) is 11.3 Å². The summed E-state index contributed by atoms with van der Waals surface area (Å²) < 4.78 is 67.1. The molecule has 3 amide bonds. The molecule has 2 aliphatic heterocycles. The molecule has 3 aromatic heterocycles. The lowest BCUT2D eigenvalue weighted by molar-refractivity contribution is -0.121. The second kappa shape index (κ2) is 14.2. The molecule has 6 aromatic rings. The van der Waals surface area contributed by atoms with E-state index in [2.05, 4.69) is 25.3 Å². The summed E-state index contributed by atoms with van der Waals surface area (Å²) in [6, 6.07) is 17.9. The Bertz CT molecular complexity index is 2510. The van der Waals surface area contributed by atoms with Crippen molar-refractivity contribution in [1.29, 1.82) is 0 Å². The van der Waals surface area contributed by atoms with Crippen LogP contribution in [0.15, 0.2) is 85.2 Å². The van der Waals surface area contributed by atoms with Gasteiger partial charge in [0.15, 0.2) is 11.6 Å². The Balaban J connectivity index is 1.06. The number of carbonyl (C=O) groups is 3. The molecule has 1 unspecified atom stereocenters. The van der Waals surface area contributed by atoms with Gasteiger partial charge in [0.25, 0.3) is 12.3 Å². The number of ether oxygens (including phenoxy) is 2. The van der Waals surface area contributed by atoms with Crippen LogP contribution in [0, 0.1) is 18.6 Å². The van der Waals surface area contributed by atoms with Gasteiger partial charge in [-0.15, -0.1) is 0 Å². The lowest BCUT2D eigenvalue weighted by Gasteiger charge is -2.23. The summed E-state index contributed by atoms with van der Waals surface area (Å²) in [6.07, 6.45) is 0.0568. The number of nitrogens with zero attached hydrogens (tertiary/aromatic N) is 5. The molecule has 0 saturated carbocycles. The first-order chi connectivity index (χ1) is 26.9. The van der Waals surface area contributed by atoms with E-state index >= 15 is 0 Å². The number of H-pyrrole nitrogens is 1. The number of benzene rings is 3. The number of aromatic nitrogens is 4. The predicted octanol–water partition coefficient (Wildman–Crippen LogP) is 6.29. The minimum Gasteiger partial charge on any atom is -0.485 e. The van der Waals surface area contributed by atoms with E-state index in [9.17, 15) is 31.9 Å². The van der Waals surface area contributed by atoms with E-state index in [0.717, 1.165) is 22.6 Å². The van der Waals surface area contributed by atoms with Crippen LogP contribution in [0.25, 0.3) is 16.6 Å². The number of imide groups is 1. The number of alkyl halides is 2. The van der Waals surface area contributed by atoms with Crippen molar-refractivity contribution >= 4 is 40.1 Å². The van der Waals surface area contributed by atoms with Gasteiger partial charge in [-0.25, -0.2) is 36.9 Å². The van der Waals surface area contributed by atoms with Gasteiger partial charge in [-0.1, -0.05) is 36.4 Å². The summed E-state index contributed by atoms with van der Waals surface area (Å²) in [5, 5.41) is 7.47. The Labute approximate surface area is 315 Å². The number of aromatic amines is 1. The van der Waals surface area contributed by atoms with Crippen LogP contribution in [0.1, 0.15) is 33.6 Å². The summed E-state index contributed by atoms with van der Waals surface area (Å²) in [6.45, 7) is 2.01. The summed E-state index contributed by atoms with van der Waals surface area (Å²) in [4.78, 5) is 51.4. The number of fused-ring (bicyclic) bond motifs is 1. The molecule has 17 heteroatoms. The van der Waals surface area contributed by atoms with Crippen LogP contribution in [-0.4, -0.2) is 74.0 Å². The zero-order valence-electron chi connectivity index (χ0n) is 29.6. The molecule has 8 rings (SSSR count). The summed E-state index contributed by atoms with van der Waals surface area (Å²) >= 11 is 0. The number of nitrogens with two attached hydrogens (primary N) is 1. The summed E-state index contributed by atoms with van der Waals surface area (Å²) in [5.41, 5.74) is 7.34. The highest BCUT2D eigenvalue weighted by Crippen LogP contribution is 2.40. The van der Waals surface area contributed by atoms with E-state index < -0.39 is 53.7 Å². The number of nitrogens with one attached hydrogen (secondary N) is 2. The molecule has 2 fully saturated rings. The third-order valence-corrected chi connectivity index (χ3v) is 9.77. The van der Waals surface area contributed by atoms with Gasteiger partial charge in [0.2, 0.25) is 17.4 Å². The predicted molar refractivity (Wildman–Crippen MR) is 195 cm³/mol. The number of amides is 3. The molecular weight excluding hydrogens is 736 g/mol. The Morgan fingerprint density at radius 3 is 2.50 bits per heavy atom. The second-order valence-electron chi connectivity index (χ2n) is 13.5. The van der Waals surface area contributed by atoms with E-state index in [1.165, 1.54) is 47.4 Å². The molecule has 3 aromatic carbocycles. The van der Waals surface area contributed by atoms with Crippen molar-refractivity contribution in [2.45, 2.75) is 31.9 Å². The number of hydrogen-bond acceptors (Lipinski definition) is 9. The molecule has 1 atom stereocenters. The van der Waals surface area contributed by atoms with Crippen molar-refractivity contribution in [3.8, 4) is 23.1 Å². The monoisotopic (exact) mass is 768 g/mol. The molecule has 0 aliphatic carbocycles. The maximum absolute atomic E-state index is 14.1. The van der Waals surface area contributed by atoms with Crippen LogP contribution >= 0.6 is 0 Å². The topological polar surface area (TPSA) is 161 Å². The Kier molecular flexibility index (Phi) is 9.16. The molecule has 56 heavy (non-hydrogen) atoms. The number of hydrogen-bond donors (Lipinski definition) is 3. The van der Waals surface area contributed by atoms with Crippen molar-refractivity contribution in [2.75, 3.05) is 30.3 Å². The fraction of sp³-hybridized carbons (Fsp3) is 0.205. The molecule has 13 nitrogen and oxygen atoms in total. The molecule has 286 valence electrons. The average molecular weight is 769 g/mol. The van der Waals surface area contributed by atoms with Crippen LogP contribution < -0.4 is 25.4 Å². The number of pyridine rings is 1. The second-order valence-corrected chi connectivity index (χ2v) is 13.5. The highest BCUT2D eigenvalue weighted by atomic mass is 19.3. The largest absolute Gasteiger partial charge is 0.485 e. The number of carbonyl (C=O) groups excluding carboxylic acids is 3. The third kappa shape index (κ3) is 6.55. The van der Waals surface area contributed by atoms with Gasteiger partial charge < -0.3 is 25.5 Å². The molecule has 0 bridgehead atoms. The number of ketones is 1. The molecule has 5 heterocycles. The molecule has 0 radical (unpaired) electrons. The number of urea groups is 1. The lowest BCUT2D eigenvalue weighted by atomic mass is 9.98. The quantitative estimate of drug-likeness (QED) is 0.0783. The maximum atomic E-state index is 14.1. The fourth-order valence-electron chi connectivity index (χ4n) is 7.05. The van der Waals surface area contributed by atoms with Crippen molar-refractivity contribution in [1.82, 2.24) is 30.0 Å². The molecule has 1 spiro atoms. The number of aryl methyl sites for hydroxylation is 1. The van der Waals surface area contributed by atoms with Gasteiger partial charge in [0.05, 0.1) is 35.0 Å². The van der Waals surface area contributed by atoms with Gasteiger partial charge >= 0.3 is 6.03 Å². The van der Waals surface area contributed by atoms with Crippen LogP contribution in [0.2, 0.25) is 0 Å². The zero-order valence-corrected chi connectivity index (χ0v) is 29.6. The number of nitrogen functional groups attached to an aromatic ring is 1. The van der Waals surface area contributed by atoms with E-state index in [0.29, 0.717) is 41.7 Å². The molecule has 2 aliphatic rings. The van der Waals surface area contributed by atoms with Crippen LogP contribution in [0.5, 0.6) is 17.4 Å². The standard InChI is InChI=1S/C39H32F4N8O5/c1-21-12-33(56-35-25(40)8-5-9-26(35)41)45-17-30(21)51-36(44)24(16-46-51)34(52)28-13-23-14-31(55-19-32(42)43)29(15-27(23)47-28)50-37(53)39(48-38(50)54)10-11-49(20-39)18-22-6-3-2-4-7-22/h2-9,12-17,32,47H,10-11,18-20,44H2,1H3,(H,48,54). The molecule has 4 N–H and O–H groups in total. The first-order valence-electron chi connectivity index (χ1n) is 17.4. The summed E-state index contributed by atoms with van der Waals surface area (Å²) in [5.74, 6) is -3.87. The highest BCUT2D eigenvalue weighted by Gasteiger charge is 2.55. The summed E-state index contributed by atoms with van der Waals surface area (Å²) in [7, 11) is 0. The normalized spacial score (nSPS) is 17.1. The van der Waals surface area contributed by atoms with Crippen molar-refractivity contribution < 1.29 is 41.4 Å². The number of rotatable bonds is 11. The molecular formula is C39H32F4N8O5. The smallest absolute Gasteiger partial charge is 0.329 e. The van der Waals surface area contributed by atoms with Gasteiger partial charge in [0, 0.05) is 36.6 Å². The van der Waals surface area contributed by atoms with Gasteiger partial charge in [-0.2, -0.15) is 5.10 Å². The first-order valence-corrected chi connectivity index (χ1v) is 17.4. The number of anilines is 2. The Morgan fingerprint density at radius 1 is 1.00 bits per heavy atom. The average Bonchev–Trinajstić information content (AvgIpc) is 3.93. The van der Waals surface area contributed by atoms with E-state index in [1.54, 1.807) is 6.92 Å². The van der Waals surface area contributed by atoms with E-state index in [1.807, 2.05) is 30.3 Å². The Morgan fingerprint density at radius 2 is 1.77 bits per heavy atom. The van der Waals surface area contributed by atoms with Crippen molar-refractivity contribution in [3.05, 3.63) is 119 Å². The first kappa shape index (κ1) is 36.2. The van der Waals surface area contributed by atoms with Gasteiger partial charge in [-0.3, -0.25) is 14.5 Å². The number of likely N-dealkylation sites (tertiary alicyclic amines) is 1. The van der Waals surface area contributed by atoms with Crippen molar-refractivity contribution in [2.24, 2.45) is 0 Å². The maximum Gasteiger partial charge on any atom is 0.329 e. The minimum atomic E-state index is -2.85. The van der Waals surface area contributed by atoms with E-state index in [-0.39, 0.29) is 40.9 Å². The fourth-order valence-corrected chi connectivity index (χ4v) is 7.05. The van der Waals surface area contributed by atoms with Crippen LogP contribution in [0.4, 0.5) is 33.9 Å². The Hall–Kier alpha value is -6.75. The highest BCUT2D eigenvalue weighted by molar-refractivity contribution is 6.25. The third-order valence-electron chi connectivity index (χ3n) is 9.77. The van der Waals surface area contributed by atoms with E-state index in [4.69, 9.17) is 15.2 Å². The van der Waals surface area contributed by atoms with Crippen molar-refractivity contribution in [3.63, 3.8) is 0 Å². The minimum absolute atomic E-state index is 0.00330. The van der Waals surface area contributed by atoms with Gasteiger partial charge in [-0.05, 0) is 54.8 Å². The van der Waals surface area contributed by atoms with Gasteiger partial charge in [0.1, 0.15) is 23.7 Å². The van der Waals surface area contributed by atoms with Crippen LogP contribution in [0.3, 0.4) is 0 Å². The molecule has 2 saturated heterocycles. The lowest BCUT2D eigenvalue weighted by Crippen LogP contribution is -2.49. The number of para-hydroxylation sites is 1. The SMILES string of the molecule is Cc1cc(Oc2c(F)cccc2F)ncc1-n1ncc(C(=O)c2cc3cc(OCC(F)F)c(N4C(=O)NC5(CCN(Cc6ccccc6)C5)C4=O)cc3[nH]2)c1N.